The highest BCUT2D eigenvalue weighted by Gasteiger charge is 2.23. The van der Waals surface area contributed by atoms with Crippen LogP contribution in [0.4, 0.5) is 5.69 Å². The fraction of sp³-hybridized carbons (Fsp3) is 0.200. The van der Waals surface area contributed by atoms with E-state index in [9.17, 15) is 18.0 Å². The Morgan fingerprint density at radius 3 is 2.52 bits per heavy atom. The van der Waals surface area contributed by atoms with Gasteiger partial charge in [0, 0.05) is 12.7 Å². The van der Waals surface area contributed by atoms with Crippen LogP contribution in [0, 0.1) is 0 Å². The number of aromatic nitrogens is 3. The Labute approximate surface area is 183 Å². The summed E-state index contributed by atoms with van der Waals surface area (Å²) in [6.07, 6.45) is 0. The number of carbonyl (C=O) groups excluding carboxylic acids is 1. The van der Waals surface area contributed by atoms with Gasteiger partial charge in [-0.05, 0) is 37.3 Å². The van der Waals surface area contributed by atoms with Gasteiger partial charge in [-0.15, -0.1) is 10.2 Å². The first kappa shape index (κ1) is 22.5. The van der Waals surface area contributed by atoms with Crippen molar-refractivity contribution in [2.75, 3.05) is 5.32 Å². The Morgan fingerprint density at radius 2 is 1.84 bits per heavy atom. The number of anilines is 1. The average Bonchev–Trinajstić information content (AvgIpc) is 3.07. The minimum Gasteiger partial charge on any atom is -0.478 e. The summed E-state index contributed by atoms with van der Waals surface area (Å²) in [5.74, 6) is -1.50. The largest absolute Gasteiger partial charge is 0.478 e. The number of aromatic carboxylic acids is 1. The van der Waals surface area contributed by atoms with E-state index in [4.69, 9.17) is 5.11 Å². The number of amides is 1. The van der Waals surface area contributed by atoms with Crippen LogP contribution in [0.15, 0.2) is 64.6 Å². The molecule has 9 nitrogen and oxygen atoms in total. The van der Waals surface area contributed by atoms with Crippen LogP contribution in [0.3, 0.4) is 0 Å². The molecule has 1 amide bonds. The Morgan fingerprint density at radius 1 is 1.13 bits per heavy atom. The number of nitrogens with one attached hydrogen (secondary N) is 1. The second-order valence-electron chi connectivity index (χ2n) is 6.67. The van der Waals surface area contributed by atoms with E-state index in [-0.39, 0.29) is 27.9 Å². The molecule has 0 radical (unpaired) electrons. The van der Waals surface area contributed by atoms with E-state index in [1.807, 2.05) is 0 Å². The van der Waals surface area contributed by atoms with Crippen molar-refractivity contribution in [3.8, 4) is 0 Å². The highest BCUT2D eigenvalue weighted by atomic mass is 32.2. The van der Waals surface area contributed by atoms with Gasteiger partial charge in [0.2, 0.25) is 5.91 Å². The number of nitrogens with zero attached hydrogens (tertiary/aromatic N) is 3. The molecule has 0 aliphatic heterocycles. The summed E-state index contributed by atoms with van der Waals surface area (Å²) < 4.78 is 26.7. The van der Waals surface area contributed by atoms with E-state index in [2.05, 4.69) is 15.5 Å². The fourth-order valence-electron chi connectivity index (χ4n) is 2.64. The smallest absolute Gasteiger partial charge is 0.335 e. The zero-order valence-corrected chi connectivity index (χ0v) is 18.4. The van der Waals surface area contributed by atoms with Crippen molar-refractivity contribution in [3.63, 3.8) is 0 Å². The van der Waals surface area contributed by atoms with Crippen molar-refractivity contribution in [3.05, 3.63) is 66.0 Å². The minimum absolute atomic E-state index is 0.0654. The summed E-state index contributed by atoms with van der Waals surface area (Å²) in [5, 5.41) is 19.5. The van der Waals surface area contributed by atoms with Crippen LogP contribution < -0.4 is 5.32 Å². The lowest BCUT2D eigenvalue weighted by molar-refractivity contribution is -0.115. The highest BCUT2D eigenvalue weighted by Crippen LogP contribution is 2.24. The molecule has 0 fully saturated rings. The number of thioether (sulfide) groups is 1. The number of benzene rings is 2. The molecule has 0 aliphatic rings. The second kappa shape index (κ2) is 9.31. The van der Waals surface area contributed by atoms with Crippen molar-refractivity contribution >= 4 is 39.2 Å². The molecule has 0 saturated carbocycles. The summed E-state index contributed by atoms with van der Waals surface area (Å²) in [7, 11) is -1.94. The van der Waals surface area contributed by atoms with Gasteiger partial charge in [-0.3, -0.25) is 4.79 Å². The molecule has 1 atom stereocenters. The van der Waals surface area contributed by atoms with Gasteiger partial charge in [0.15, 0.2) is 15.0 Å². The predicted octanol–water partition coefficient (Wildman–Crippen LogP) is 2.61. The Hall–Kier alpha value is -3.18. The van der Waals surface area contributed by atoms with E-state index in [0.29, 0.717) is 10.8 Å². The van der Waals surface area contributed by atoms with Crippen LogP contribution in [0.1, 0.15) is 23.1 Å². The lowest BCUT2D eigenvalue weighted by Crippen LogP contribution is -2.23. The number of sulfone groups is 1. The molecule has 3 rings (SSSR count). The number of hydrogen-bond donors (Lipinski definition) is 2. The summed E-state index contributed by atoms with van der Waals surface area (Å²) in [6, 6.07) is 14.0. The number of carboxylic acids is 1. The van der Waals surface area contributed by atoms with Crippen molar-refractivity contribution in [2.45, 2.75) is 28.0 Å². The molecular weight excluding hydrogens is 440 g/mol. The molecule has 1 unspecified atom stereocenters. The highest BCUT2D eigenvalue weighted by molar-refractivity contribution is 8.00. The van der Waals surface area contributed by atoms with E-state index in [0.717, 1.165) is 11.8 Å². The predicted molar refractivity (Wildman–Crippen MR) is 116 cm³/mol. The van der Waals surface area contributed by atoms with Crippen LogP contribution in [-0.4, -0.2) is 45.4 Å². The van der Waals surface area contributed by atoms with Gasteiger partial charge in [-0.1, -0.05) is 36.0 Å². The van der Waals surface area contributed by atoms with Gasteiger partial charge in [0.05, 0.1) is 15.7 Å². The molecule has 11 heteroatoms. The lowest BCUT2D eigenvalue weighted by atomic mass is 10.2. The zero-order chi connectivity index (χ0) is 22.6. The minimum atomic E-state index is -3.58. The zero-order valence-electron chi connectivity index (χ0n) is 16.7. The Bertz CT molecular complexity index is 1210. The molecule has 0 bridgehead atoms. The molecule has 0 saturated heterocycles. The van der Waals surface area contributed by atoms with Crippen LogP contribution in [0.5, 0.6) is 0 Å². The maximum Gasteiger partial charge on any atom is 0.335 e. The van der Waals surface area contributed by atoms with Crippen molar-refractivity contribution in [1.82, 2.24) is 14.8 Å². The van der Waals surface area contributed by atoms with E-state index in [1.165, 1.54) is 24.3 Å². The molecule has 0 aliphatic carbocycles. The molecule has 162 valence electrons. The first-order chi connectivity index (χ1) is 14.7. The van der Waals surface area contributed by atoms with Crippen LogP contribution in [0.25, 0.3) is 0 Å². The third-order valence-electron chi connectivity index (χ3n) is 4.37. The number of carbonyl (C=O) groups is 2. The lowest BCUT2D eigenvalue weighted by Gasteiger charge is -2.12. The van der Waals surface area contributed by atoms with Gasteiger partial charge in [0.1, 0.15) is 11.6 Å². The molecule has 3 aromatic rings. The van der Waals surface area contributed by atoms with E-state index >= 15 is 0 Å². The topological polar surface area (TPSA) is 131 Å². The maximum atomic E-state index is 12.6. The standard InChI is InChI=1S/C20H20N4O5S2/c1-13(18(25)21-15-8-6-7-14(11-15)19(26)27)30-20-23-22-17(24(20)2)12-31(28,29)16-9-4-3-5-10-16/h3-11,13H,12H2,1-2H3,(H,21,25)(H,26,27). The number of rotatable bonds is 8. The summed E-state index contributed by atoms with van der Waals surface area (Å²) in [6.45, 7) is 1.66. The van der Waals surface area contributed by atoms with Gasteiger partial charge in [0.25, 0.3) is 0 Å². The summed E-state index contributed by atoms with van der Waals surface area (Å²) in [5.41, 5.74) is 0.431. The van der Waals surface area contributed by atoms with Crippen LogP contribution >= 0.6 is 11.8 Å². The number of carboxylic acid groups (broad SMARTS) is 1. The Kier molecular flexibility index (Phi) is 6.76. The molecule has 1 heterocycles. The van der Waals surface area contributed by atoms with Crippen LogP contribution in [0.2, 0.25) is 0 Å². The van der Waals surface area contributed by atoms with E-state index < -0.39 is 21.1 Å². The van der Waals surface area contributed by atoms with Crippen molar-refractivity contribution in [2.24, 2.45) is 7.05 Å². The average molecular weight is 461 g/mol. The summed E-state index contributed by atoms with van der Waals surface area (Å²) in [4.78, 5) is 23.8. The molecular formula is C20H20N4O5S2. The van der Waals surface area contributed by atoms with E-state index in [1.54, 1.807) is 48.9 Å². The SMILES string of the molecule is CC(Sc1nnc(CS(=O)(=O)c2ccccc2)n1C)C(=O)Nc1cccc(C(=O)O)c1. The number of hydrogen-bond acceptors (Lipinski definition) is 7. The maximum absolute atomic E-state index is 12.6. The quantitative estimate of drug-likeness (QED) is 0.491. The van der Waals surface area contributed by atoms with Crippen molar-refractivity contribution < 1.29 is 23.1 Å². The molecule has 0 spiro atoms. The first-order valence-corrected chi connectivity index (χ1v) is 11.7. The summed E-state index contributed by atoms with van der Waals surface area (Å²) >= 11 is 1.12. The Balaban J connectivity index is 1.68. The second-order valence-corrected chi connectivity index (χ2v) is 9.96. The molecule has 31 heavy (non-hydrogen) atoms. The van der Waals surface area contributed by atoms with Crippen molar-refractivity contribution in [1.29, 1.82) is 0 Å². The van der Waals surface area contributed by atoms with Gasteiger partial charge in [-0.25, -0.2) is 13.2 Å². The normalized spacial score (nSPS) is 12.3. The monoisotopic (exact) mass is 460 g/mol. The third-order valence-corrected chi connectivity index (χ3v) is 7.14. The molecule has 2 aromatic carbocycles. The first-order valence-electron chi connectivity index (χ1n) is 9.14. The third kappa shape index (κ3) is 5.50. The van der Waals surface area contributed by atoms with Crippen LogP contribution in [-0.2, 0) is 27.4 Å². The molecule has 2 N–H and O–H groups in total. The van der Waals surface area contributed by atoms with Gasteiger partial charge >= 0.3 is 5.97 Å². The fourth-order valence-corrected chi connectivity index (χ4v) is 4.80. The van der Waals surface area contributed by atoms with Gasteiger partial charge in [-0.2, -0.15) is 0 Å². The molecule has 1 aromatic heterocycles. The van der Waals surface area contributed by atoms with Gasteiger partial charge < -0.3 is 15.0 Å².